The van der Waals surface area contributed by atoms with Crippen LogP contribution in [0.1, 0.15) is 50.4 Å². The number of benzene rings is 2. The zero-order chi connectivity index (χ0) is 33.5. The van der Waals surface area contributed by atoms with Gasteiger partial charge in [0.15, 0.2) is 5.78 Å². The molecule has 6 rings (SSSR count). The van der Waals surface area contributed by atoms with Crippen molar-refractivity contribution in [2.45, 2.75) is 44.7 Å². The van der Waals surface area contributed by atoms with Gasteiger partial charge in [0.1, 0.15) is 17.3 Å². The van der Waals surface area contributed by atoms with Crippen LogP contribution in [-0.2, 0) is 36.0 Å². The summed E-state index contributed by atoms with van der Waals surface area (Å²) in [5.74, 6) is -2.71. The highest BCUT2D eigenvalue weighted by Gasteiger charge is 2.32. The number of carbonyl (C=O) groups is 2. The van der Waals surface area contributed by atoms with Crippen molar-refractivity contribution in [3.8, 4) is 0 Å². The fraction of sp³-hybridized carbons (Fsp3) is 0.375. The van der Waals surface area contributed by atoms with Gasteiger partial charge < -0.3 is 15.1 Å². The predicted molar refractivity (Wildman–Crippen MR) is 171 cm³/mol. The van der Waals surface area contributed by atoms with E-state index in [1.54, 1.807) is 23.7 Å². The number of hydrogen-bond acceptors (Lipinski definition) is 8. The average Bonchev–Trinajstić information content (AvgIpc) is 3.63. The number of aromatic amines is 1. The third-order valence-electron chi connectivity index (χ3n) is 8.64. The molecule has 2 N–H and O–H groups in total. The second kappa shape index (κ2) is 13.0. The molecule has 2 aliphatic heterocycles. The molecule has 47 heavy (non-hydrogen) atoms. The van der Waals surface area contributed by atoms with Crippen molar-refractivity contribution in [2.24, 2.45) is 0 Å². The summed E-state index contributed by atoms with van der Waals surface area (Å²) >= 11 is 0. The maximum Gasteiger partial charge on any atom is 0.273 e. The number of carbonyl (C=O) groups excluding carboxylic acids is 2. The van der Waals surface area contributed by atoms with Gasteiger partial charge in [0.05, 0.1) is 28.4 Å². The maximum atomic E-state index is 13.9. The molecule has 12 nitrogen and oxygen atoms in total. The van der Waals surface area contributed by atoms with Crippen LogP contribution in [0.2, 0.25) is 0 Å². The van der Waals surface area contributed by atoms with E-state index in [-0.39, 0.29) is 37.3 Å². The molecular formula is C32H36F2N8O4S. The summed E-state index contributed by atoms with van der Waals surface area (Å²) in [6, 6.07) is 9.24. The standard InChI is InChI=1S/C32H36F2N8O4S/c1-4-42-30(13-20(2)38-42)32(44)35-28-17-23(40-11-9-39(3)10-12-40)5-6-25(28)31(43)18-29-26-19-41(8-7-27(26)36-37-29)47(45,46)24-15-21(33)14-22(34)16-24/h5-6,13-17H,4,7-12,18-19H2,1-3H3,(H,35,44)(H,36,37). The number of amides is 1. The van der Waals surface area contributed by atoms with E-state index in [4.69, 9.17) is 0 Å². The fourth-order valence-electron chi connectivity index (χ4n) is 6.05. The number of piperazine rings is 1. The Morgan fingerprint density at radius 2 is 1.72 bits per heavy atom. The van der Waals surface area contributed by atoms with Crippen molar-refractivity contribution >= 4 is 33.1 Å². The van der Waals surface area contributed by atoms with Crippen LogP contribution in [0.5, 0.6) is 0 Å². The van der Waals surface area contributed by atoms with Crippen LogP contribution >= 0.6 is 0 Å². The van der Waals surface area contributed by atoms with Crippen LogP contribution in [0, 0.1) is 18.6 Å². The number of sulfonamides is 1. The monoisotopic (exact) mass is 666 g/mol. The minimum Gasteiger partial charge on any atom is -0.369 e. The number of ketones is 1. The number of rotatable bonds is 9. The molecule has 0 aliphatic carbocycles. The number of fused-ring (bicyclic) bond motifs is 1. The van der Waals surface area contributed by atoms with Crippen molar-refractivity contribution in [3.05, 3.63) is 88.0 Å². The van der Waals surface area contributed by atoms with E-state index in [0.29, 0.717) is 46.6 Å². The predicted octanol–water partition coefficient (Wildman–Crippen LogP) is 3.39. The topological polar surface area (TPSA) is 137 Å². The van der Waals surface area contributed by atoms with E-state index in [1.807, 2.05) is 19.1 Å². The fourth-order valence-corrected chi connectivity index (χ4v) is 7.50. The van der Waals surface area contributed by atoms with Crippen molar-refractivity contribution in [3.63, 3.8) is 0 Å². The minimum atomic E-state index is -4.23. The molecular weight excluding hydrogens is 630 g/mol. The largest absolute Gasteiger partial charge is 0.369 e. The van der Waals surface area contributed by atoms with Crippen LogP contribution in [0.25, 0.3) is 0 Å². The second-order valence-electron chi connectivity index (χ2n) is 11.9. The van der Waals surface area contributed by atoms with Crippen molar-refractivity contribution in [1.29, 1.82) is 0 Å². The lowest BCUT2D eigenvalue weighted by molar-refractivity contribution is 0.0992. The van der Waals surface area contributed by atoms with Crippen molar-refractivity contribution < 1.29 is 26.8 Å². The highest BCUT2D eigenvalue weighted by molar-refractivity contribution is 7.89. The molecule has 15 heteroatoms. The van der Waals surface area contributed by atoms with Crippen LogP contribution < -0.4 is 10.2 Å². The highest BCUT2D eigenvalue weighted by atomic mass is 32.2. The first-order valence-corrected chi connectivity index (χ1v) is 16.8. The van der Waals surface area contributed by atoms with Gasteiger partial charge in [0.2, 0.25) is 10.0 Å². The third-order valence-corrected chi connectivity index (χ3v) is 10.5. The van der Waals surface area contributed by atoms with Crippen LogP contribution in [0.3, 0.4) is 0 Å². The zero-order valence-corrected chi connectivity index (χ0v) is 27.2. The van der Waals surface area contributed by atoms with Crippen LogP contribution in [0.4, 0.5) is 20.2 Å². The lowest BCUT2D eigenvalue weighted by Gasteiger charge is -2.34. The van der Waals surface area contributed by atoms with Gasteiger partial charge >= 0.3 is 0 Å². The van der Waals surface area contributed by atoms with Gasteiger partial charge in [-0.15, -0.1) is 0 Å². The summed E-state index contributed by atoms with van der Waals surface area (Å²) in [6.07, 6.45) is 0.107. The number of aromatic nitrogens is 4. The molecule has 4 heterocycles. The van der Waals surface area contributed by atoms with Gasteiger partial charge in [0, 0.05) is 80.8 Å². The minimum absolute atomic E-state index is 0.0702. The van der Waals surface area contributed by atoms with E-state index in [0.717, 1.165) is 48.3 Å². The Balaban J connectivity index is 1.28. The molecule has 248 valence electrons. The van der Waals surface area contributed by atoms with E-state index < -0.39 is 32.5 Å². The number of halogens is 2. The molecule has 1 saturated heterocycles. The van der Waals surface area contributed by atoms with Gasteiger partial charge in [-0.25, -0.2) is 17.2 Å². The van der Waals surface area contributed by atoms with Crippen molar-refractivity contribution in [1.82, 2.24) is 29.2 Å². The summed E-state index contributed by atoms with van der Waals surface area (Å²) in [7, 11) is -2.17. The molecule has 1 fully saturated rings. The van der Waals surface area contributed by atoms with Gasteiger partial charge in [-0.05, 0) is 57.3 Å². The van der Waals surface area contributed by atoms with E-state index in [9.17, 15) is 26.8 Å². The molecule has 0 atom stereocenters. The molecule has 2 aromatic carbocycles. The number of hydrogen-bond donors (Lipinski definition) is 2. The lowest BCUT2D eigenvalue weighted by atomic mass is 9.99. The molecule has 2 aromatic heterocycles. The normalized spacial score (nSPS) is 15.9. The van der Waals surface area contributed by atoms with Crippen LogP contribution in [0.15, 0.2) is 47.4 Å². The zero-order valence-electron chi connectivity index (χ0n) is 26.4. The molecule has 0 radical (unpaired) electrons. The second-order valence-corrected chi connectivity index (χ2v) is 13.8. The average molecular weight is 667 g/mol. The Kier molecular flexibility index (Phi) is 8.96. The van der Waals surface area contributed by atoms with E-state index in [1.165, 1.54) is 0 Å². The number of nitrogens with zero attached hydrogens (tertiary/aromatic N) is 6. The van der Waals surface area contributed by atoms with E-state index >= 15 is 0 Å². The molecule has 0 saturated carbocycles. The Hall–Kier alpha value is -4.47. The number of likely N-dealkylation sites (N-methyl/N-ethyl adjacent to an activating group) is 1. The highest BCUT2D eigenvalue weighted by Crippen LogP contribution is 2.30. The van der Waals surface area contributed by atoms with E-state index in [2.05, 4.69) is 37.5 Å². The lowest BCUT2D eigenvalue weighted by Crippen LogP contribution is -2.44. The number of H-pyrrole nitrogens is 1. The SMILES string of the molecule is CCn1nc(C)cc1C(=O)Nc1cc(N2CCN(C)CC2)ccc1C(=O)Cc1n[nH]c2c1CN(S(=O)(=O)c1cc(F)cc(F)c1)CC2. The summed E-state index contributed by atoms with van der Waals surface area (Å²) in [5, 5.41) is 14.6. The Morgan fingerprint density at radius 1 is 1.00 bits per heavy atom. The molecule has 0 bridgehead atoms. The first kappa shape index (κ1) is 32.5. The summed E-state index contributed by atoms with van der Waals surface area (Å²) in [6.45, 7) is 7.47. The molecule has 0 spiro atoms. The molecule has 1 amide bonds. The number of nitrogens with one attached hydrogen (secondary N) is 2. The van der Waals surface area contributed by atoms with Gasteiger partial charge in [0.25, 0.3) is 5.91 Å². The number of Topliss-reactive ketones (excluding diaryl/α,β-unsaturated/α-hetero) is 1. The molecule has 0 unspecified atom stereocenters. The molecule has 2 aliphatic rings. The number of aryl methyl sites for hydroxylation is 2. The summed E-state index contributed by atoms with van der Waals surface area (Å²) in [4.78, 5) is 31.3. The first-order valence-electron chi connectivity index (χ1n) is 15.4. The third kappa shape index (κ3) is 6.68. The number of anilines is 2. The smallest absolute Gasteiger partial charge is 0.273 e. The maximum absolute atomic E-state index is 13.9. The Morgan fingerprint density at radius 3 is 2.43 bits per heavy atom. The van der Waals surface area contributed by atoms with Crippen LogP contribution in [-0.4, -0.2) is 89.1 Å². The quantitative estimate of drug-likeness (QED) is 0.260. The summed E-state index contributed by atoms with van der Waals surface area (Å²) < 4.78 is 57.1. The Bertz CT molecular complexity index is 1930. The molecule has 4 aromatic rings. The van der Waals surface area contributed by atoms with Crippen molar-refractivity contribution in [2.75, 3.05) is 50.0 Å². The Labute approximate surface area is 271 Å². The van der Waals surface area contributed by atoms with Gasteiger partial charge in [-0.3, -0.25) is 19.4 Å². The first-order chi connectivity index (χ1) is 22.4. The summed E-state index contributed by atoms with van der Waals surface area (Å²) in [5.41, 5.74) is 4.14. The van der Waals surface area contributed by atoms with Gasteiger partial charge in [-0.1, -0.05) is 0 Å². The van der Waals surface area contributed by atoms with Gasteiger partial charge in [-0.2, -0.15) is 14.5 Å².